The maximum absolute atomic E-state index is 13.6. The van der Waals surface area contributed by atoms with Gasteiger partial charge in [0.05, 0.1) is 0 Å². The van der Waals surface area contributed by atoms with Gasteiger partial charge in [0, 0.05) is 25.7 Å². The highest BCUT2D eigenvalue weighted by atomic mass is 19.1. The predicted molar refractivity (Wildman–Crippen MR) is 101 cm³/mol. The number of anilines is 1. The van der Waals surface area contributed by atoms with Crippen molar-refractivity contribution in [2.75, 3.05) is 12.4 Å². The molecule has 0 saturated heterocycles. The average molecular weight is 383 g/mol. The molecule has 2 heterocycles. The molecule has 3 aromatic rings. The number of halogens is 2. The molecule has 2 N–H and O–H groups in total. The fourth-order valence-corrected chi connectivity index (χ4v) is 3.49. The molecule has 1 aliphatic rings. The van der Waals surface area contributed by atoms with Gasteiger partial charge >= 0.3 is 0 Å². The fraction of sp³-hybridized carbons (Fsp3) is 0.350. The van der Waals surface area contributed by atoms with Crippen LogP contribution in [0.5, 0.6) is 0 Å². The van der Waals surface area contributed by atoms with Gasteiger partial charge in [-0.15, -0.1) is 0 Å². The number of aryl methyl sites for hydroxylation is 1. The van der Waals surface area contributed by atoms with Crippen LogP contribution in [0.3, 0.4) is 0 Å². The van der Waals surface area contributed by atoms with Crippen LogP contribution in [0, 0.1) is 23.5 Å². The van der Waals surface area contributed by atoms with E-state index in [9.17, 15) is 13.9 Å². The molecular weight excluding hydrogens is 364 g/mol. The number of hydrogen-bond acceptors (Lipinski definition) is 5. The Morgan fingerprint density at radius 1 is 1.11 bits per heavy atom. The van der Waals surface area contributed by atoms with E-state index in [4.69, 9.17) is 0 Å². The quantitative estimate of drug-likeness (QED) is 0.666. The van der Waals surface area contributed by atoms with Gasteiger partial charge in [0.2, 0.25) is 5.82 Å². The minimum absolute atomic E-state index is 0.247. The minimum Gasteiger partial charge on any atom is -0.378 e. The average Bonchev–Trinajstić information content (AvgIpc) is 3.23. The van der Waals surface area contributed by atoms with E-state index in [1.807, 2.05) is 0 Å². The zero-order chi connectivity index (χ0) is 19.9. The maximum Gasteiger partial charge on any atom is 0.209 e. The first-order valence-electron chi connectivity index (χ1n) is 9.03. The van der Waals surface area contributed by atoms with Gasteiger partial charge in [-0.2, -0.15) is 0 Å². The Labute approximate surface area is 160 Å². The summed E-state index contributed by atoms with van der Waals surface area (Å²) in [7, 11) is 3.40. The second-order valence-corrected chi connectivity index (χ2v) is 6.96. The largest absolute Gasteiger partial charge is 0.378 e. The molecular formula is C20H19F2N5O. The number of rotatable bonds is 2. The van der Waals surface area contributed by atoms with Crippen molar-refractivity contribution in [1.29, 1.82) is 0 Å². The van der Waals surface area contributed by atoms with Gasteiger partial charge in [0.1, 0.15) is 23.1 Å². The summed E-state index contributed by atoms with van der Waals surface area (Å²) in [5.41, 5.74) is 0.249. The third-order valence-electron chi connectivity index (χ3n) is 4.91. The molecule has 0 unspecified atom stereocenters. The number of nitrogens with one attached hydrogen (secondary N) is 1. The van der Waals surface area contributed by atoms with E-state index in [1.165, 1.54) is 12.1 Å². The lowest BCUT2D eigenvalue weighted by atomic mass is 10.0. The standard InChI is InChI=1S/C20H19F2N5O/c1-23-17-16-19(25-15(24-17)5-8-20(28)6-3-4-7-20)27(2)18(26-16)12-9-13(21)11-14(22)10-12/h9-11,28H,3-4,6-7H2,1-2H3,(H,23,24,25). The molecule has 0 amide bonds. The van der Waals surface area contributed by atoms with Gasteiger partial charge < -0.3 is 15.0 Å². The van der Waals surface area contributed by atoms with E-state index >= 15 is 0 Å². The Morgan fingerprint density at radius 2 is 1.79 bits per heavy atom. The van der Waals surface area contributed by atoms with Crippen molar-refractivity contribution in [2.45, 2.75) is 31.3 Å². The minimum atomic E-state index is -0.991. The second kappa shape index (κ2) is 6.84. The number of fused-ring (bicyclic) bond motifs is 1. The maximum atomic E-state index is 13.6. The number of aliphatic hydroxyl groups is 1. The molecule has 1 saturated carbocycles. The zero-order valence-corrected chi connectivity index (χ0v) is 15.6. The first-order valence-corrected chi connectivity index (χ1v) is 9.03. The topological polar surface area (TPSA) is 75.9 Å². The molecule has 28 heavy (non-hydrogen) atoms. The van der Waals surface area contributed by atoms with Crippen LogP contribution in [0.2, 0.25) is 0 Å². The zero-order valence-electron chi connectivity index (χ0n) is 15.6. The van der Waals surface area contributed by atoms with Crippen LogP contribution in [0.4, 0.5) is 14.6 Å². The summed E-state index contributed by atoms with van der Waals surface area (Å²) in [6, 6.07) is 3.24. The van der Waals surface area contributed by atoms with E-state index < -0.39 is 17.2 Å². The Kier molecular flexibility index (Phi) is 4.47. The Morgan fingerprint density at radius 3 is 2.43 bits per heavy atom. The predicted octanol–water partition coefficient (Wildman–Crippen LogP) is 3.01. The smallest absolute Gasteiger partial charge is 0.209 e. The van der Waals surface area contributed by atoms with E-state index in [0.717, 1.165) is 18.9 Å². The van der Waals surface area contributed by atoms with Crippen LogP contribution < -0.4 is 5.32 Å². The van der Waals surface area contributed by atoms with Crippen LogP contribution in [0.1, 0.15) is 31.5 Å². The number of imidazole rings is 1. The first kappa shape index (κ1) is 18.3. The molecule has 0 radical (unpaired) electrons. The highest BCUT2D eigenvalue weighted by molar-refractivity contribution is 5.86. The molecule has 2 aromatic heterocycles. The molecule has 6 nitrogen and oxygen atoms in total. The van der Waals surface area contributed by atoms with Gasteiger partial charge in [-0.1, -0.05) is 5.92 Å². The van der Waals surface area contributed by atoms with Gasteiger partial charge in [0.25, 0.3) is 0 Å². The third kappa shape index (κ3) is 3.29. The number of benzene rings is 1. The third-order valence-corrected chi connectivity index (χ3v) is 4.91. The number of hydrogen-bond donors (Lipinski definition) is 2. The normalized spacial score (nSPS) is 15.5. The number of nitrogens with zero attached hydrogens (tertiary/aromatic N) is 4. The molecule has 1 fully saturated rings. The van der Waals surface area contributed by atoms with Gasteiger partial charge in [-0.05, 0) is 43.7 Å². The van der Waals surface area contributed by atoms with Crippen molar-refractivity contribution in [2.24, 2.45) is 7.05 Å². The van der Waals surface area contributed by atoms with E-state index in [-0.39, 0.29) is 5.82 Å². The van der Waals surface area contributed by atoms with Crippen molar-refractivity contribution in [1.82, 2.24) is 19.5 Å². The van der Waals surface area contributed by atoms with Gasteiger partial charge in [-0.3, -0.25) is 0 Å². The molecule has 0 atom stereocenters. The monoisotopic (exact) mass is 383 g/mol. The summed E-state index contributed by atoms with van der Waals surface area (Å²) >= 11 is 0. The van der Waals surface area contributed by atoms with E-state index in [1.54, 1.807) is 18.7 Å². The molecule has 0 aliphatic heterocycles. The number of aromatic nitrogens is 4. The summed E-state index contributed by atoms with van der Waals surface area (Å²) in [6.45, 7) is 0. The highest BCUT2D eigenvalue weighted by Crippen LogP contribution is 2.29. The van der Waals surface area contributed by atoms with Crippen LogP contribution in [-0.4, -0.2) is 37.3 Å². The lowest BCUT2D eigenvalue weighted by Crippen LogP contribution is -2.20. The van der Waals surface area contributed by atoms with Crippen molar-refractivity contribution in [3.63, 3.8) is 0 Å². The Balaban J connectivity index is 1.84. The fourth-order valence-electron chi connectivity index (χ4n) is 3.49. The summed E-state index contributed by atoms with van der Waals surface area (Å²) in [6.07, 6.45) is 3.18. The van der Waals surface area contributed by atoms with Crippen LogP contribution >= 0.6 is 0 Å². The first-order chi connectivity index (χ1) is 13.4. The molecule has 0 spiro atoms. The second-order valence-electron chi connectivity index (χ2n) is 6.96. The molecule has 4 rings (SSSR count). The van der Waals surface area contributed by atoms with Crippen molar-refractivity contribution < 1.29 is 13.9 Å². The summed E-state index contributed by atoms with van der Waals surface area (Å²) in [4.78, 5) is 13.3. The Bertz CT molecular complexity index is 1100. The van der Waals surface area contributed by atoms with Crippen LogP contribution in [0.25, 0.3) is 22.6 Å². The molecule has 0 bridgehead atoms. The summed E-state index contributed by atoms with van der Waals surface area (Å²) < 4.78 is 28.9. The van der Waals surface area contributed by atoms with Crippen molar-refractivity contribution in [3.8, 4) is 23.2 Å². The van der Waals surface area contributed by atoms with Crippen molar-refractivity contribution >= 4 is 17.0 Å². The SMILES string of the molecule is CNc1nc(C#CC2(O)CCCC2)nc2c1nc(-c1cc(F)cc(F)c1)n2C. The lowest BCUT2D eigenvalue weighted by molar-refractivity contribution is 0.110. The molecule has 8 heteroatoms. The summed E-state index contributed by atoms with van der Waals surface area (Å²) in [5, 5.41) is 13.4. The van der Waals surface area contributed by atoms with Gasteiger partial charge in [0.15, 0.2) is 17.0 Å². The van der Waals surface area contributed by atoms with E-state index in [2.05, 4.69) is 32.1 Å². The highest BCUT2D eigenvalue weighted by Gasteiger charge is 2.28. The van der Waals surface area contributed by atoms with Crippen molar-refractivity contribution in [3.05, 3.63) is 35.7 Å². The molecule has 144 valence electrons. The van der Waals surface area contributed by atoms with Crippen LogP contribution in [0.15, 0.2) is 18.2 Å². The lowest BCUT2D eigenvalue weighted by Gasteiger charge is -2.12. The van der Waals surface area contributed by atoms with E-state index in [0.29, 0.717) is 41.2 Å². The summed E-state index contributed by atoms with van der Waals surface area (Å²) in [5.74, 6) is 5.45. The van der Waals surface area contributed by atoms with Crippen LogP contribution in [-0.2, 0) is 7.05 Å². The molecule has 1 aromatic carbocycles. The Hall–Kier alpha value is -3.05. The van der Waals surface area contributed by atoms with Gasteiger partial charge in [-0.25, -0.2) is 23.7 Å². The molecule has 1 aliphatic carbocycles.